The van der Waals surface area contributed by atoms with E-state index in [-0.39, 0.29) is 17.4 Å². The predicted octanol–water partition coefficient (Wildman–Crippen LogP) is 3.30. The lowest BCUT2D eigenvalue weighted by Crippen LogP contribution is -2.54. The van der Waals surface area contributed by atoms with Crippen LogP contribution in [-0.4, -0.2) is 29.9 Å². The molecule has 0 aliphatic carbocycles. The maximum absolute atomic E-state index is 12.5. The van der Waals surface area contributed by atoms with Gasteiger partial charge in [0.2, 0.25) is 0 Å². The van der Waals surface area contributed by atoms with E-state index in [9.17, 15) is 4.79 Å². The molecule has 1 fully saturated rings. The van der Waals surface area contributed by atoms with E-state index in [0.29, 0.717) is 23.7 Å². The highest BCUT2D eigenvalue weighted by Crippen LogP contribution is 2.30. The number of halogens is 2. The predicted molar refractivity (Wildman–Crippen MR) is 81.4 cm³/mol. The zero-order valence-electron chi connectivity index (χ0n) is 11.1. The van der Waals surface area contributed by atoms with E-state index in [0.717, 1.165) is 10.9 Å². The molecule has 104 valence electrons. The topological polar surface area (TPSA) is 46.3 Å². The molecule has 1 atom stereocenters. The largest absolute Gasteiger partial charge is 0.338 e. The van der Waals surface area contributed by atoms with Crippen molar-refractivity contribution in [2.75, 3.05) is 13.1 Å². The molecule has 0 aromatic heterocycles. The summed E-state index contributed by atoms with van der Waals surface area (Å²) in [6, 6.07) is 5.48. The average Bonchev–Trinajstić information content (AvgIpc) is 2.32. The Balaban J connectivity index is 2.21. The summed E-state index contributed by atoms with van der Waals surface area (Å²) in [5.41, 5.74) is 6.59. The van der Waals surface area contributed by atoms with Crippen molar-refractivity contribution in [3.63, 3.8) is 0 Å². The van der Waals surface area contributed by atoms with Crippen LogP contribution in [0.2, 0.25) is 5.02 Å². The number of piperidine rings is 1. The van der Waals surface area contributed by atoms with E-state index < -0.39 is 0 Å². The second-order valence-electron chi connectivity index (χ2n) is 5.73. The van der Waals surface area contributed by atoms with Gasteiger partial charge in [0.25, 0.3) is 5.91 Å². The van der Waals surface area contributed by atoms with Crippen LogP contribution in [-0.2, 0) is 0 Å². The van der Waals surface area contributed by atoms with Crippen LogP contribution in [0, 0.1) is 5.41 Å². The van der Waals surface area contributed by atoms with Crippen molar-refractivity contribution in [1.29, 1.82) is 0 Å². The molecule has 1 heterocycles. The van der Waals surface area contributed by atoms with Crippen LogP contribution < -0.4 is 5.73 Å². The molecule has 1 aliphatic heterocycles. The first-order chi connectivity index (χ1) is 8.81. The zero-order chi connectivity index (χ0) is 14.2. The number of hydrogen-bond donors (Lipinski definition) is 1. The molecule has 1 amide bonds. The Morgan fingerprint density at radius 2 is 2.21 bits per heavy atom. The molecule has 0 spiro atoms. The SMILES string of the molecule is CC1(C)CN(C(=O)c2ccc(Br)cc2Cl)CCC1N. The Morgan fingerprint density at radius 1 is 1.53 bits per heavy atom. The number of nitrogens with zero attached hydrogens (tertiary/aromatic N) is 1. The van der Waals surface area contributed by atoms with Crippen molar-refractivity contribution in [2.45, 2.75) is 26.3 Å². The summed E-state index contributed by atoms with van der Waals surface area (Å²) in [6.45, 7) is 5.55. The molecule has 0 radical (unpaired) electrons. The molecule has 1 aromatic rings. The van der Waals surface area contributed by atoms with Gasteiger partial charge in [-0.15, -0.1) is 0 Å². The third-order valence-corrected chi connectivity index (χ3v) is 4.57. The number of carbonyl (C=O) groups excluding carboxylic acids is 1. The molecule has 1 aromatic carbocycles. The number of benzene rings is 1. The summed E-state index contributed by atoms with van der Waals surface area (Å²) in [5, 5.41) is 0.479. The number of amides is 1. The molecule has 2 rings (SSSR count). The molecule has 1 unspecified atom stereocenters. The lowest BCUT2D eigenvalue weighted by Gasteiger charge is -2.42. The van der Waals surface area contributed by atoms with Crippen molar-refractivity contribution in [1.82, 2.24) is 4.90 Å². The first-order valence-corrected chi connectivity index (χ1v) is 7.48. The Morgan fingerprint density at radius 3 is 2.79 bits per heavy atom. The van der Waals surface area contributed by atoms with Crippen LogP contribution in [0.3, 0.4) is 0 Å². The maximum Gasteiger partial charge on any atom is 0.255 e. The van der Waals surface area contributed by atoms with Crippen LogP contribution >= 0.6 is 27.5 Å². The minimum absolute atomic E-state index is 0.0162. The smallest absolute Gasteiger partial charge is 0.255 e. The number of hydrogen-bond acceptors (Lipinski definition) is 2. The molecular formula is C14H18BrClN2O. The summed E-state index contributed by atoms with van der Waals surface area (Å²) in [5.74, 6) is -0.0162. The van der Waals surface area contributed by atoms with Gasteiger partial charge in [0, 0.05) is 23.6 Å². The highest BCUT2D eigenvalue weighted by atomic mass is 79.9. The second-order valence-corrected chi connectivity index (χ2v) is 7.06. The first kappa shape index (κ1) is 14.8. The van der Waals surface area contributed by atoms with Crippen molar-refractivity contribution in [3.05, 3.63) is 33.3 Å². The standard InChI is InChI=1S/C14H18BrClN2O/c1-14(2)8-18(6-5-12(14)17)13(19)10-4-3-9(15)7-11(10)16/h3-4,7,12H,5-6,8,17H2,1-2H3. The summed E-state index contributed by atoms with van der Waals surface area (Å²) in [7, 11) is 0. The third kappa shape index (κ3) is 3.12. The average molecular weight is 346 g/mol. The Labute approximate surface area is 127 Å². The van der Waals surface area contributed by atoms with Gasteiger partial charge in [-0.2, -0.15) is 0 Å². The number of carbonyl (C=O) groups is 1. The van der Waals surface area contributed by atoms with Gasteiger partial charge in [-0.3, -0.25) is 4.79 Å². The number of likely N-dealkylation sites (tertiary alicyclic amines) is 1. The summed E-state index contributed by atoms with van der Waals surface area (Å²) in [4.78, 5) is 14.4. The summed E-state index contributed by atoms with van der Waals surface area (Å²) < 4.78 is 0.870. The third-order valence-electron chi connectivity index (χ3n) is 3.76. The Kier molecular flexibility index (Phi) is 4.23. The van der Waals surface area contributed by atoms with Crippen LogP contribution in [0.25, 0.3) is 0 Å². The summed E-state index contributed by atoms with van der Waals surface area (Å²) in [6.07, 6.45) is 0.826. The molecule has 5 heteroatoms. The van der Waals surface area contributed by atoms with Crippen LogP contribution in [0.4, 0.5) is 0 Å². The normalized spacial score (nSPS) is 22.4. The van der Waals surface area contributed by atoms with E-state index in [1.165, 1.54) is 0 Å². The lowest BCUT2D eigenvalue weighted by molar-refractivity contribution is 0.0533. The number of rotatable bonds is 1. The minimum atomic E-state index is -0.0598. The van der Waals surface area contributed by atoms with Crippen LogP contribution in [0.1, 0.15) is 30.6 Å². The van der Waals surface area contributed by atoms with Crippen molar-refractivity contribution >= 4 is 33.4 Å². The molecule has 19 heavy (non-hydrogen) atoms. The molecule has 0 bridgehead atoms. The highest BCUT2D eigenvalue weighted by molar-refractivity contribution is 9.10. The minimum Gasteiger partial charge on any atom is -0.338 e. The monoisotopic (exact) mass is 344 g/mol. The first-order valence-electron chi connectivity index (χ1n) is 6.31. The van der Waals surface area contributed by atoms with E-state index in [2.05, 4.69) is 29.8 Å². The van der Waals surface area contributed by atoms with Gasteiger partial charge in [-0.1, -0.05) is 41.4 Å². The van der Waals surface area contributed by atoms with Gasteiger partial charge in [0.15, 0.2) is 0 Å². The Hall–Kier alpha value is -0.580. The van der Waals surface area contributed by atoms with Crippen molar-refractivity contribution in [3.8, 4) is 0 Å². The second kappa shape index (κ2) is 5.43. The van der Waals surface area contributed by atoms with Gasteiger partial charge in [-0.05, 0) is 30.0 Å². The molecule has 1 aliphatic rings. The number of nitrogens with two attached hydrogens (primary N) is 1. The van der Waals surface area contributed by atoms with Crippen LogP contribution in [0.5, 0.6) is 0 Å². The Bertz CT molecular complexity index is 504. The van der Waals surface area contributed by atoms with E-state index >= 15 is 0 Å². The maximum atomic E-state index is 12.5. The van der Waals surface area contributed by atoms with E-state index in [1.807, 2.05) is 11.0 Å². The lowest BCUT2D eigenvalue weighted by atomic mass is 9.79. The van der Waals surface area contributed by atoms with E-state index in [1.54, 1.807) is 12.1 Å². The van der Waals surface area contributed by atoms with Gasteiger partial charge in [0.1, 0.15) is 0 Å². The van der Waals surface area contributed by atoms with Crippen LogP contribution in [0.15, 0.2) is 22.7 Å². The van der Waals surface area contributed by atoms with Crippen molar-refractivity contribution < 1.29 is 4.79 Å². The quantitative estimate of drug-likeness (QED) is 0.849. The summed E-state index contributed by atoms with van der Waals surface area (Å²) >= 11 is 9.48. The molecular weight excluding hydrogens is 328 g/mol. The molecule has 1 saturated heterocycles. The van der Waals surface area contributed by atoms with Gasteiger partial charge >= 0.3 is 0 Å². The molecule has 2 N–H and O–H groups in total. The van der Waals surface area contributed by atoms with Gasteiger partial charge in [-0.25, -0.2) is 0 Å². The van der Waals surface area contributed by atoms with Gasteiger partial charge in [0.05, 0.1) is 10.6 Å². The highest BCUT2D eigenvalue weighted by Gasteiger charge is 2.35. The van der Waals surface area contributed by atoms with E-state index in [4.69, 9.17) is 17.3 Å². The zero-order valence-corrected chi connectivity index (χ0v) is 13.5. The fraction of sp³-hybridized carbons (Fsp3) is 0.500. The fourth-order valence-electron chi connectivity index (χ4n) is 2.38. The molecule has 3 nitrogen and oxygen atoms in total. The van der Waals surface area contributed by atoms with Gasteiger partial charge < -0.3 is 10.6 Å². The molecule has 0 saturated carbocycles. The van der Waals surface area contributed by atoms with Crippen molar-refractivity contribution in [2.24, 2.45) is 11.1 Å². The fourth-order valence-corrected chi connectivity index (χ4v) is 3.13.